The van der Waals surface area contributed by atoms with Gasteiger partial charge in [0, 0.05) is 6.61 Å². The van der Waals surface area contributed by atoms with E-state index in [2.05, 4.69) is 6.58 Å². The van der Waals surface area contributed by atoms with Gasteiger partial charge in [-0.25, -0.2) is 0 Å². The standard InChI is InChI=1S/C12H20O3/c1-8-4-9(6-13)10(5-8)11-7-14-12(2,3)15-11/h9-11,13H,1,4-7H2,2-3H3/t9-,10+,11?/m0/s1. The molecule has 1 aliphatic carbocycles. The Morgan fingerprint density at radius 3 is 2.73 bits per heavy atom. The van der Waals surface area contributed by atoms with Gasteiger partial charge in [-0.1, -0.05) is 12.2 Å². The fourth-order valence-corrected chi connectivity index (χ4v) is 2.67. The van der Waals surface area contributed by atoms with Crippen molar-refractivity contribution in [3.63, 3.8) is 0 Å². The van der Waals surface area contributed by atoms with Crippen molar-refractivity contribution in [1.29, 1.82) is 0 Å². The van der Waals surface area contributed by atoms with Crippen molar-refractivity contribution in [2.75, 3.05) is 13.2 Å². The van der Waals surface area contributed by atoms with Crippen LogP contribution in [0.1, 0.15) is 26.7 Å². The summed E-state index contributed by atoms with van der Waals surface area (Å²) in [7, 11) is 0. The molecule has 3 heteroatoms. The van der Waals surface area contributed by atoms with Gasteiger partial charge in [0.05, 0.1) is 12.7 Å². The van der Waals surface area contributed by atoms with Crippen LogP contribution in [0.4, 0.5) is 0 Å². The second kappa shape index (κ2) is 3.89. The molecule has 0 amide bonds. The van der Waals surface area contributed by atoms with E-state index in [0.717, 1.165) is 12.8 Å². The number of ether oxygens (including phenoxy) is 2. The first-order chi connectivity index (χ1) is 7.02. The molecule has 1 unspecified atom stereocenters. The Morgan fingerprint density at radius 2 is 2.20 bits per heavy atom. The molecule has 3 nitrogen and oxygen atoms in total. The van der Waals surface area contributed by atoms with Crippen LogP contribution in [0.5, 0.6) is 0 Å². The van der Waals surface area contributed by atoms with Crippen molar-refractivity contribution >= 4 is 0 Å². The molecule has 2 aliphatic rings. The third-order valence-electron chi connectivity index (χ3n) is 3.42. The second-order valence-corrected chi connectivity index (χ2v) is 5.13. The third kappa shape index (κ3) is 2.25. The number of hydrogen-bond donors (Lipinski definition) is 1. The first-order valence-electron chi connectivity index (χ1n) is 5.61. The highest BCUT2D eigenvalue weighted by Gasteiger charge is 2.42. The third-order valence-corrected chi connectivity index (χ3v) is 3.42. The Bertz CT molecular complexity index is 260. The molecule has 1 saturated heterocycles. The first kappa shape index (κ1) is 11.1. The normalized spacial score (nSPS) is 39.9. The van der Waals surface area contributed by atoms with Crippen molar-refractivity contribution in [3.8, 4) is 0 Å². The number of aliphatic hydroxyl groups is 1. The van der Waals surface area contributed by atoms with Gasteiger partial charge in [-0.3, -0.25) is 0 Å². The Labute approximate surface area is 91.1 Å². The van der Waals surface area contributed by atoms with Crippen LogP contribution >= 0.6 is 0 Å². The monoisotopic (exact) mass is 212 g/mol. The fraction of sp³-hybridized carbons (Fsp3) is 0.833. The van der Waals surface area contributed by atoms with Crippen molar-refractivity contribution in [1.82, 2.24) is 0 Å². The van der Waals surface area contributed by atoms with E-state index in [1.165, 1.54) is 5.57 Å². The van der Waals surface area contributed by atoms with Crippen LogP contribution in [0, 0.1) is 11.8 Å². The van der Waals surface area contributed by atoms with Gasteiger partial charge in [-0.2, -0.15) is 0 Å². The van der Waals surface area contributed by atoms with E-state index in [-0.39, 0.29) is 12.7 Å². The molecular formula is C12H20O3. The molecule has 1 aliphatic heterocycles. The lowest BCUT2D eigenvalue weighted by Gasteiger charge is -2.24. The van der Waals surface area contributed by atoms with Crippen molar-refractivity contribution in [2.24, 2.45) is 11.8 Å². The molecule has 0 bridgehead atoms. The summed E-state index contributed by atoms with van der Waals surface area (Å²) in [6, 6.07) is 0. The van der Waals surface area contributed by atoms with E-state index in [1.807, 2.05) is 13.8 Å². The summed E-state index contributed by atoms with van der Waals surface area (Å²) in [5.74, 6) is 0.221. The maximum absolute atomic E-state index is 9.31. The summed E-state index contributed by atoms with van der Waals surface area (Å²) in [6.45, 7) is 8.74. The molecule has 1 N–H and O–H groups in total. The highest BCUT2D eigenvalue weighted by Crippen LogP contribution is 2.41. The van der Waals surface area contributed by atoms with Gasteiger partial charge >= 0.3 is 0 Å². The molecule has 0 aromatic rings. The summed E-state index contributed by atoms with van der Waals surface area (Å²) in [6.07, 6.45) is 2.02. The molecule has 2 rings (SSSR count). The summed E-state index contributed by atoms with van der Waals surface area (Å²) in [5, 5.41) is 9.31. The Balaban J connectivity index is 2.02. The lowest BCUT2D eigenvalue weighted by atomic mass is 9.92. The average Bonchev–Trinajstić information content (AvgIpc) is 2.68. The zero-order valence-electron chi connectivity index (χ0n) is 9.53. The van der Waals surface area contributed by atoms with Gasteiger partial charge in [0.15, 0.2) is 5.79 Å². The smallest absolute Gasteiger partial charge is 0.163 e. The fourth-order valence-electron chi connectivity index (χ4n) is 2.67. The highest BCUT2D eigenvalue weighted by atomic mass is 16.7. The average molecular weight is 212 g/mol. The van der Waals surface area contributed by atoms with Gasteiger partial charge in [-0.05, 0) is 38.5 Å². The Kier molecular flexibility index (Phi) is 2.88. The lowest BCUT2D eigenvalue weighted by molar-refractivity contribution is -0.146. The number of hydrogen-bond acceptors (Lipinski definition) is 3. The molecular weight excluding hydrogens is 192 g/mol. The van der Waals surface area contributed by atoms with Crippen LogP contribution in [-0.2, 0) is 9.47 Å². The molecule has 1 heterocycles. The molecule has 0 radical (unpaired) electrons. The molecule has 0 aromatic heterocycles. The quantitative estimate of drug-likeness (QED) is 0.708. The predicted molar refractivity (Wildman–Crippen MR) is 57.3 cm³/mol. The summed E-state index contributed by atoms with van der Waals surface area (Å²) >= 11 is 0. The maximum atomic E-state index is 9.31. The summed E-state index contributed by atoms with van der Waals surface area (Å²) in [5.41, 5.74) is 1.23. The van der Waals surface area contributed by atoms with E-state index in [9.17, 15) is 5.11 Å². The molecule has 2 fully saturated rings. The molecule has 86 valence electrons. The highest BCUT2D eigenvalue weighted by molar-refractivity contribution is 5.08. The lowest BCUT2D eigenvalue weighted by Crippen LogP contribution is -2.30. The summed E-state index contributed by atoms with van der Waals surface area (Å²) in [4.78, 5) is 0. The minimum absolute atomic E-state index is 0.122. The molecule has 1 saturated carbocycles. The minimum Gasteiger partial charge on any atom is -0.396 e. The molecule has 0 spiro atoms. The van der Waals surface area contributed by atoms with Crippen LogP contribution in [0.2, 0.25) is 0 Å². The largest absolute Gasteiger partial charge is 0.396 e. The van der Waals surface area contributed by atoms with Crippen molar-refractivity contribution in [2.45, 2.75) is 38.6 Å². The summed E-state index contributed by atoms with van der Waals surface area (Å²) < 4.78 is 11.4. The van der Waals surface area contributed by atoms with E-state index >= 15 is 0 Å². The molecule has 3 atom stereocenters. The van der Waals surface area contributed by atoms with Gasteiger partial charge in [-0.15, -0.1) is 0 Å². The van der Waals surface area contributed by atoms with Crippen LogP contribution in [-0.4, -0.2) is 30.2 Å². The van der Waals surface area contributed by atoms with E-state index in [0.29, 0.717) is 18.4 Å². The maximum Gasteiger partial charge on any atom is 0.163 e. The van der Waals surface area contributed by atoms with E-state index in [4.69, 9.17) is 9.47 Å². The number of aliphatic hydroxyl groups excluding tert-OH is 1. The van der Waals surface area contributed by atoms with E-state index < -0.39 is 5.79 Å². The van der Waals surface area contributed by atoms with Gasteiger partial charge in [0.2, 0.25) is 0 Å². The van der Waals surface area contributed by atoms with Crippen LogP contribution < -0.4 is 0 Å². The predicted octanol–water partition coefficient (Wildman–Crippen LogP) is 1.71. The first-order valence-corrected chi connectivity index (χ1v) is 5.61. The van der Waals surface area contributed by atoms with Crippen LogP contribution in [0.15, 0.2) is 12.2 Å². The Morgan fingerprint density at radius 1 is 1.47 bits per heavy atom. The second-order valence-electron chi connectivity index (χ2n) is 5.13. The topological polar surface area (TPSA) is 38.7 Å². The number of allylic oxidation sites excluding steroid dienone is 1. The van der Waals surface area contributed by atoms with Crippen molar-refractivity contribution in [3.05, 3.63) is 12.2 Å². The zero-order chi connectivity index (χ0) is 11.1. The van der Waals surface area contributed by atoms with Crippen LogP contribution in [0.3, 0.4) is 0 Å². The molecule has 15 heavy (non-hydrogen) atoms. The van der Waals surface area contributed by atoms with E-state index in [1.54, 1.807) is 0 Å². The van der Waals surface area contributed by atoms with Gasteiger partial charge in [0.25, 0.3) is 0 Å². The van der Waals surface area contributed by atoms with Crippen LogP contribution in [0.25, 0.3) is 0 Å². The Hall–Kier alpha value is -0.380. The zero-order valence-corrected chi connectivity index (χ0v) is 9.53. The van der Waals surface area contributed by atoms with Gasteiger partial charge in [0.1, 0.15) is 0 Å². The van der Waals surface area contributed by atoms with Gasteiger partial charge < -0.3 is 14.6 Å². The number of rotatable bonds is 2. The SMILES string of the molecule is C=C1C[C@@H](CO)[C@H](C2COC(C)(C)O2)C1. The molecule has 0 aromatic carbocycles. The van der Waals surface area contributed by atoms with Crippen molar-refractivity contribution < 1.29 is 14.6 Å². The minimum atomic E-state index is -0.464.